The first-order valence-corrected chi connectivity index (χ1v) is 20.3. The number of anilines is 3. The highest BCUT2D eigenvalue weighted by molar-refractivity contribution is 7.25. The highest BCUT2D eigenvalue weighted by atomic mass is 32.1. The number of allylic oxidation sites excluding steroid dienone is 4. The molecule has 0 radical (unpaired) electrons. The fourth-order valence-corrected chi connectivity index (χ4v) is 9.95. The number of para-hydroxylation sites is 2. The van der Waals surface area contributed by atoms with Crippen molar-refractivity contribution in [3.05, 3.63) is 194 Å². The van der Waals surface area contributed by atoms with Crippen LogP contribution in [0.25, 0.3) is 80.7 Å². The van der Waals surface area contributed by atoms with E-state index in [4.69, 9.17) is 0 Å². The predicted octanol–water partition coefficient (Wildman–Crippen LogP) is 15.6. The summed E-state index contributed by atoms with van der Waals surface area (Å²) in [6.07, 6.45) is 7.83. The molecule has 1 atom stereocenters. The summed E-state index contributed by atoms with van der Waals surface area (Å²) >= 11 is 1.86. The van der Waals surface area contributed by atoms with Gasteiger partial charge in [0.05, 0.1) is 11.0 Å². The third kappa shape index (κ3) is 5.46. The van der Waals surface area contributed by atoms with Gasteiger partial charge in [-0.05, 0) is 118 Å². The minimum atomic E-state index is 0.490. The van der Waals surface area contributed by atoms with Gasteiger partial charge >= 0.3 is 0 Å². The van der Waals surface area contributed by atoms with E-state index >= 15 is 0 Å². The Kier molecular flexibility index (Phi) is 7.75. The molecule has 1 aliphatic rings. The number of rotatable bonds is 6. The van der Waals surface area contributed by atoms with Gasteiger partial charge in [-0.2, -0.15) is 0 Å². The number of fused-ring (bicyclic) bond motifs is 7. The fourth-order valence-electron chi connectivity index (χ4n) is 8.86. The van der Waals surface area contributed by atoms with Crippen LogP contribution in [0.2, 0.25) is 0 Å². The maximum Gasteiger partial charge on any atom is 0.0544 e. The van der Waals surface area contributed by atoms with Crippen LogP contribution in [0.5, 0.6) is 0 Å². The lowest BCUT2D eigenvalue weighted by Crippen LogP contribution is -2.10. The summed E-state index contributed by atoms with van der Waals surface area (Å²) in [6, 6.07) is 65.0. The molecule has 1 aliphatic carbocycles. The van der Waals surface area contributed by atoms with Gasteiger partial charge in [-0.3, -0.25) is 0 Å². The largest absolute Gasteiger partial charge is 0.313 e. The van der Waals surface area contributed by atoms with E-state index in [1.54, 1.807) is 0 Å². The van der Waals surface area contributed by atoms with Gasteiger partial charge in [0.1, 0.15) is 0 Å². The lowest BCUT2D eigenvalue weighted by atomic mass is 9.93. The Bertz CT molecular complexity index is 3190. The Labute approximate surface area is 330 Å². The van der Waals surface area contributed by atoms with E-state index in [0.29, 0.717) is 5.92 Å². The number of nitrogens with zero attached hydrogens (tertiary/aromatic N) is 2. The zero-order chi connectivity index (χ0) is 37.2. The van der Waals surface area contributed by atoms with Gasteiger partial charge in [0, 0.05) is 53.7 Å². The van der Waals surface area contributed by atoms with Gasteiger partial charge in [-0.15, -0.1) is 11.3 Å². The number of hydrogen-bond donors (Lipinski definition) is 0. The Balaban J connectivity index is 1.17. The van der Waals surface area contributed by atoms with Gasteiger partial charge in [-0.1, -0.05) is 128 Å². The van der Waals surface area contributed by atoms with Crippen molar-refractivity contribution < 1.29 is 0 Å². The van der Waals surface area contributed by atoms with Gasteiger partial charge in [0.25, 0.3) is 0 Å². The van der Waals surface area contributed by atoms with E-state index in [2.05, 4.69) is 211 Å². The summed E-state index contributed by atoms with van der Waals surface area (Å²) in [5.74, 6) is 0.490. The molecule has 266 valence electrons. The van der Waals surface area contributed by atoms with E-state index in [1.807, 2.05) is 11.3 Å². The fraction of sp³-hybridized carbons (Fsp3) is 0.0566. The first-order valence-electron chi connectivity index (χ1n) is 19.5. The van der Waals surface area contributed by atoms with Crippen molar-refractivity contribution in [2.45, 2.75) is 13.3 Å². The van der Waals surface area contributed by atoms with Gasteiger partial charge in [-0.25, -0.2) is 0 Å². The van der Waals surface area contributed by atoms with Crippen LogP contribution in [0.3, 0.4) is 0 Å². The normalized spacial score (nSPS) is 14.3. The molecule has 11 rings (SSSR count). The molecule has 0 saturated carbocycles. The van der Waals surface area contributed by atoms with Crippen LogP contribution in [0, 0.1) is 5.92 Å². The van der Waals surface area contributed by atoms with Crippen molar-refractivity contribution in [2.24, 2.45) is 5.92 Å². The molecule has 10 aromatic rings. The summed E-state index contributed by atoms with van der Waals surface area (Å²) in [4.78, 5) is 2.43. The van der Waals surface area contributed by atoms with Crippen molar-refractivity contribution in [1.82, 2.24) is 4.57 Å². The molecular formula is C53H38N2S. The zero-order valence-corrected chi connectivity index (χ0v) is 31.9. The lowest BCUT2D eigenvalue weighted by molar-refractivity contribution is 0.730. The summed E-state index contributed by atoms with van der Waals surface area (Å²) in [6.45, 7) is 2.31. The molecule has 2 aromatic heterocycles. The van der Waals surface area contributed by atoms with Crippen LogP contribution < -0.4 is 4.90 Å². The Morgan fingerprint density at radius 1 is 0.500 bits per heavy atom. The number of benzene rings is 8. The maximum absolute atomic E-state index is 2.50. The van der Waals surface area contributed by atoms with Crippen LogP contribution >= 0.6 is 11.3 Å². The van der Waals surface area contributed by atoms with E-state index in [9.17, 15) is 0 Å². The summed E-state index contributed by atoms with van der Waals surface area (Å²) in [5, 5.41) is 7.64. The second-order valence-corrected chi connectivity index (χ2v) is 16.1. The van der Waals surface area contributed by atoms with E-state index in [0.717, 1.165) is 23.5 Å². The minimum Gasteiger partial charge on any atom is -0.313 e. The van der Waals surface area contributed by atoms with Crippen LogP contribution in [-0.2, 0) is 0 Å². The second kappa shape index (κ2) is 13.3. The molecular weight excluding hydrogens is 697 g/mol. The van der Waals surface area contributed by atoms with Crippen molar-refractivity contribution >= 4 is 86.8 Å². The topological polar surface area (TPSA) is 8.17 Å². The first-order chi connectivity index (χ1) is 27.7. The molecule has 0 unspecified atom stereocenters. The van der Waals surface area contributed by atoms with Crippen molar-refractivity contribution in [3.63, 3.8) is 0 Å². The van der Waals surface area contributed by atoms with Crippen LogP contribution in [0.4, 0.5) is 17.1 Å². The van der Waals surface area contributed by atoms with E-state index in [-0.39, 0.29) is 0 Å². The predicted molar refractivity (Wildman–Crippen MR) is 243 cm³/mol. The third-order valence-corrected chi connectivity index (χ3v) is 12.6. The zero-order valence-electron chi connectivity index (χ0n) is 31.1. The highest BCUT2D eigenvalue weighted by Gasteiger charge is 2.20. The summed E-state index contributed by atoms with van der Waals surface area (Å²) in [7, 11) is 0. The van der Waals surface area contributed by atoms with Crippen LogP contribution in [-0.4, -0.2) is 4.57 Å². The highest BCUT2D eigenvalue weighted by Crippen LogP contribution is 2.44. The average Bonchev–Trinajstić information content (AvgIpc) is 3.79. The molecule has 2 nitrogen and oxygen atoms in total. The quantitative estimate of drug-likeness (QED) is 0.165. The van der Waals surface area contributed by atoms with Gasteiger partial charge in [0.2, 0.25) is 0 Å². The molecule has 0 amide bonds. The molecule has 3 heteroatoms. The molecule has 0 saturated heterocycles. The van der Waals surface area contributed by atoms with E-state index < -0.39 is 0 Å². The maximum atomic E-state index is 2.50. The summed E-state index contributed by atoms with van der Waals surface area (Å²) in [5.41, 5.74) is 12.0. The molecule has 0 N–H and O–H groups in total. The number of thiophene rings is 1. The second-order valence-electron chi connectivity index (χ2n) is 15.1. The molecule has 56 heavy (non-hydrogen) atoms. The molecule has 0 bridgehead atoms. The SMILES string of the molecule is C[C@H]1C=CC=C(n2c3ccccc3c3ccc(-c4cc(-c5cccc6ccccc56)cc(N(c5ccccc5)c5ccc6sc7ccccc7c6c5)c4)cc32)C1. The van der Waals surface area contributed by atoms with Gasteiger partial charge in [0.15, 0.2) is 0 Å². The van der Waals surface area contributed by atoms with Crippen molar-refractivity contribution in [1.29, 1.82) is 0 Å². The van der Waals surface area contributed by atoms with Gasteiger partial charge < -0.3 is 9.47 Å². The molecule has 0 spiro atoms. The van der Waals surface area contributed by atoms with Crippen LogP contribution in [0.15, 0.2) is 194 Å². The van der Waals surface area contributed by atoms with Crippen molar-refractivity contribution in [3.8, 4) is 22.3 Å². The summed E-state index contributed by atoms with van der Waals surface area (Å²) < 4.78 is 5.11. The van der Waals surface area contributed by atoms with Crippen molar-refractivity contribution in [2.75, 3.05) is 4.90 Å². The van der Waals surface area contributed by atoms with E-state index in [1.165, 1.54) is 80.7 Å². The Morgan fingerprint density at radius 3 is 2.12 bits per heavy atom. The first kappa shape index (κ1) is 32.7. The average molecular weight is 735 g/mol. The Morgan fingerprint density at radius 2 is 1.23 bits per heavy atom. The smallest absolute Gasteiger partial charge is 0.0544 e. The minimum absolute atomic E-state index is 0.490. The molecule has 0 fully saturated rings. The molecule has 0 aliphatic heterocycles. The molecule has 2 heterocycles. The van der Waals surface area contributed by atoms with Crippen LogP contribution in [0.1, 0.15) is 13.3 Å². The molecule has 8 aromatic carbocycles. The number of aromatic nitrogens is 1. The third-order valence-electron chi connectivity index (χ3n) is 11.5. The number of hydrogen-bond acceptors (Lipinski definition) is 2. The Hall–Kier alpha value is -6.68. The monoisotopic (exact) mass is 734 g/mol. The lowest BCUT2D eigenvalue weighted by Gasteiger charge is -2.27. The standard InChI is InChI=1S/C53H38N2S/c1-35-13-11-18-41(29-35)55-50-23-9-7-20-46(50)47-27-25-37(33-51(47)55)38-30-39(45-22-12-15-36-14-5-6-19-44(36)45)32-43(31-38)54(40-16-3-2-4-17-40)42-26-28-53-49(34-42)48-21-8-10-24-52(48)56-53/h2-28,30-35H,29H2,1H3/t35-/m0/s1.